The van der Waals surface area contributed by atoms with Crippen molar-refractivity contribution >= 4 is 10.8 Å². The summed E-state index contributed by atoms with van der Waals surface area (Å²) in [5.74, 6) is 2.63. The van der Waals surface area contributed by atoms with E-state index >= 15 is 0 Å². The molecule has 0 unspecified atom stereocenters. The van der Waals surface area contributed by atoms with E-state index in [2.05, 4.69) is 65.0 Å². The molecule has 0 amide bonds. The number of nitrogens with two attached hydrogens (primary N) is 1. The van der Waals surface area contributed by atoms with E-state index < -0.39 is 0 Å². The van der Waals surface area contributed by atoms with Crippen molar-refractivity contribution in [2.75, 3.05) is 0 Å². The van der Waals surface area contributed by atoms with Crippen molar-refractivity contribution in [3.05, 3.63) is 41.5 Å². The zero-order valence-corrected chi connectivity index (χ0v) is 18.3. The maximum absolute atomic E-state index is 6.63. The number of ether oxygens (including phenoxy) is 1. The zero-order chi connectivity index (χ0) is 20.1. The summed E-state index contributed by atoms with van der Waals surface area (Å²) in [6.45, 7) is 11.3. The normalized spacial score (nSPS) is 23.8. The molecule has 4 rings (SSSR count). The Bertz CT molecular complexity index is 843. The Balaban J connectivity index is 1.59. The van der Waals surface area contributed by atoms with Gasteiger partial charge in [0.2, 0.25) is 0 Å². The Labute approximate surface area is 170 Å². The molecule has 0 heterocycles. The maximum Gasteiger partial charge on any atom is 0.123 e. The van der Waals surface area contributed by atoms with Crippen molar-refractivity contribution in [2.24, 2.45) is 17.1 Å². The fourth-order valence-corrected chi connectivity index (χ4v) is 4.86. The number of hydrogen-bond donors (Lipinski definition) is 1. The predicted octanol–water partition coefficient (Wildman–Crippen LogP) is 6.89. The molecule has 0 atom stereocenters. The Hall–Kier alpha value is -1.54. The third-order valence-corrected chi connectivity index (χ3v) is 6.94. The summed E-state index contributed by atoms with van der Waals surface area (Å²) in [6, 6.07) is 11.2. The molecule has 2 aromatic carbocycles. The van der Waals surface area contributed by atoms with E-state index in [1.165, 1.54) is 60.4 Å². The molecule has 2 fully saturated rings. The van der Waals surface area contributed by atoms with Crippen LogP contribution in [0.4, 0.5) is 0 Å². The van der Waals surface area contributed by atoms with E-state index in [1.54, 1.807) is 0 Å². The summed E-state index contributed by atoms with van der Waals surface area (Å²) < 4.78 is 6.63. The number of hydrogen-bond acceptors (Lipinski definition) is 2. The first-order valence-corrected chi connectivity index (χ1v) is 11.2. The summed E-state index contributed by atoms with van der Waals surface area (Å²) in [5.41, 5.74) is 9.07. The predicted molar refractivity (Wildman–Crippen MR) is 119 cm³/mol. The third kappa shape index (κ3) is 4.08. The fourth-order valence-electron chi connectivity index (χ4n) is 4.86. The van der Waals surface area contributed by atoms with Gasteiger partial charge in [-0.25, -0.2) is 0 Å². The topological polar surface area (TPSA) is 35.2 Å². The molecule has 2 saturated carbocycles. The molecular weight excluding hydrogens is 342 g/mol. The van der Waals surface area contributed by atoms with Crippen LogP contribution in [0.2, 0.25) is 0 Å². The highest BCUT2D eigenvalue weighted by Crippen LogP contribution is 2.49. The minimum atomic E-state index is -0.311. The van der Waals surface area contributed by atoms with Crippen LogP contribution in [-0.4, -0.2) is 6.10 Å². The van der Waals surface area contributed by atoms with Crippen LogP contribution in [0.25, 0.3) is 10.8 Å². The molecule has 2 aliphatic carbocycles. The maximum atomic E-state index is 6.63. The van der Waals surface area contributed by atoms with E-state index in [-0.39, 0.29) is 5.54 Å². The molecule has 2 aromatic rings. The van der Waals surface area contributed by atoms with Gasteiger partial charge in [0, 0.05) is 11.1 Å². The highest BCUT2D eigenvalue weighted by Gasteiger charge is 2.33. The van der Waals surface area contributed by atoms with Crippen molar-refractivity contribution < 1.29 is 4.74 Å². The van der Waals surface area contributed by atoms with E-state index in [0.717, 1.165) is 11.7 Å². The average molecular weight is 380 g/mol. The van der Waals surface area contributed by atoms with Gasteiger partial charge >= 0.3 is 0 Å². The van der Waals surface area contributed by atoms with Crippen molar-refractivity contribution in [3.63, 3.8) is 0 Å². The van der Waals surface area contributed by atoms with Crippen molar-refractivity contribution in [1.82, 2.24) is 0 Å². The van der Waals surface area contributed by atoms with Crippen molar-refractivity contribution in [3.8, 4) is 5.75 Å². The van der Waals surface area contributed by atoms with Crippen molar-refractivity contribution in [1.29, 1.82) is 0 Å². The lowest BCUT2D eigenvalue weighted by Gasteiger charge is -2.37. The molecule has 2 nitrogen and oxygen atoms in total. The lowest BCUT2D eigenvalue weighted by Crippen LogP contribution is -2.30. The molecule has 0 spiro atoms. The smallest absolute Gasteiger partial charge is 0.123 e. The van der Waals surface area contributed by atoms with Gasteiger partial charge in [-0.15, -0.1) is 0 Å². The number of rotatable bonds is 4. The second-order valence-corrected chi connectivity index (χ2v) is 10.9. The molecule has 0 saturated heterocycles. The highest BCUT2D eigenvalue weighted by atomic mass is 16.5. The first kappa shape index (κ1) is 19.8. The van der Waals surface area contributed by atoms with Gasteiger partial charge in [0.05, 0.1) is 6.10 Å². The van der Waals surface area contributed by atoms with E-state index in [1.807, 2.05) is 0 Å². The summed E-state index contributed by atoms with van der Waals surface area (Å²) in [4.78, 5) is 0. The van der Waals surface area contributed by atoms with Crippen LogP contribution >= 0.6 is 0 Å². The molecule has 2 heteroatoms. The second-order valence-electron chi connectivity index (χ2n) is 10.9. The number of benzene rings is 2. The zero-order valence-electron chi connectivity index (χ0n) is 18.3. The molecular formula is C26H37NO. The van der Waals surface area contributed by atoms with Gasteiger partial charge < -0.3 is 10.5 Å². The summed E-state index contributed by atoms with van der Waals surface area (Å²) in [7, 11) is 0. The van der Waals surface area contributed by atoms with Crippen LogP contribution in [0.3, 0.4) is 0 Å². The molecule has 0 bridgehead atoms. The Morgan fingerprint density at radius 1 is 0.857 bits per heavy atom. The lowest BCUT2D eigenvalue weighted by atomic mass is 9.72. The van der Waals surface area contributed by atoms with Crippen LogP contribution in [0.15, 0.2) is 30.3 Å². The van der Waals surface area contributed by atoms with E-state index in [9.17, 15) is 0 Å². The third-order valence-electron chi connectivity index (χ3n) is 6.94. The minimum absolute atomic E-state index is 0.311. The van der Waals surface area contributed by atoms with Gasteiger partial charge in [-0.3, -0.25) is 0 Å². The largest absolute Gasteiger partial charge is 0.490 e. The van der Waals surface area contributed by atoms with E-state index in [0.29, 0.717) is 17.4 Å². The van der Waals surface area contributed by atoms with Gasteiger partial charge in [-0.05, 0) is 98.1 Å². The molecule has 0 aliphatic heterocycles. The molecule has 2 N–H and O–H groups in total. The number of fused-ring (bicyclic) bond motifs is 1. The quantitative estimate of drug-likeness (QED) is 0.627. The monoisotopic (exact) mass is 379 g/mol. The average Bonchev–Trinajstić information content (AvgIpc) is 3.45. The van der Waals surface area contributed by atoms with Crippen molar-refractivity contribution in [2.45, 2.75) is 90.7 Å². The van der Waals surface area contributed by atoms with Crippen LogP contribution in [0.5, 0.6) is 5.75 Å². The Morgan fingerprint density at radius 2 is 1.54 bits per heavy atom. The lowest BCUT2D eigenvalue weighted by molar-refractivity contribution is 0.0877. The highest BCUT2D eigenvalue weighted by molar-refractivity contribution is 5.89. The molecule has 28 heavy (non-hydrogen) atoms. The summed E-state index contributed by atoms with van der Waals surface area (Å²) in [5, 5.41) is 2.65. The first-order valence-electron chi connectivity index (χ1n) is 11.2. The summed E-state index contributed by atoms with van der Waals surface area (Å²) >= 11 is 0. The molecule has 2 aliphatic rings. The van der Waals surface area contributed by atoms with Gasteiger partial charge in [-0.2, -0.15) is 0 Å². The summed E-state index contributed by atoms with van der Waals surface area (Å²) in [6.07, 6.45) is 7.89. The molecule has 0 aromatic heterocycles. The van der Waals surface area contributed by atoms with Gasteiger partial charge in [0.1, 0.15) is 5.75 Å². The molecule has 0 radical (unpaired) electrons. The van der Waals surface area contributed by atoms with Gasteiger partial charge in [0.15, 0.2) is 0 Å². The van der Waals surface area contributed by atoms with Crippen LogP contribution < -0.4 is 10.5 Å². The van der Waals surface area contributed by atoms with Crippen LogP contribution in [0.1, 0.15) is 90.2 Å². The first-order chi connectivity index (χ1) is 13.1. The van der Waals surface area contributed by atoms with Gasteiger partial charge in [-0.1, -0.05) is 39.0 Å². The molecule has 152 valence electrons. The van der Waals surface area contributed by atoms with E-state index in [4.69, 9.17) is 10.5 Å². The second kappa shape index (κ2) is 7.06. The Kier molecular flexibility index (Phi) is 4.98. The van der Waals surface area contributed by atoms with Gasteiger partial charge in [0.25, 0.3) is 0 Å². The van der Waals surface area contributed by atoms with Crippen LogP contribution in [-0.2, 0) is 5.54 Å². The minimum Gasteiger partial charge on any atom is -0.490 e. The standard InChI is InChI=1S/C26H37NO/c1-25(2,3)19-9-12-21(13-10-19)28-23-15-8-18-16-20(26(4,5)27)11-14-22(18)24(23)17-6-7-17/h8,11,14-17,19,21H,6-7,9-10,12-13,27H2,1-5H3/t19-,21-. The SMILES string of the molecule is CC(C)(N)c1ccc2c(C3CC3)c(O[C@H]3CC[C@H](C(C)(C)C)CC3)ccc2c1. The Morgan fingerprint density at radius 3 is 2.11 bits per heavy atom. The fraction of sp³-hybridized carbons (Fsp3) is 0.615. The van der Waals surface area contributed by atoms with Crippen LogP contribution in [0, 0.1) is 11.3 Å².